The van der Waals surface area contributed by atoms with Crippen molar-refractivity contribution >= 4 is 18.2 Å². The number of allylic oxidation sites excluding steroid dienone is 1. The molecule has 2 rings (SSSR count). The second-order valence-electron chi connectivity index (χ2n) is 3.40. The van der Waals surface area contributed by atoms with Crippen LogP contribution in [0.4, 0.5) is 4.39 Å². The summed E-state index contributed by atoms with van der Waals surface area (Å²) in [7, 11) is 0. The minimum absolute atomic E-state index is 0.160. The lowest BCUT2D eigenvalue weighted by molar-refractivity contribution is 0.627. The second kappa shape index (κ2) is 3.18. The van der Waals surface area contributed by atoms with Gasteiger partial charge in [-0.05, 0) is 42.2 Å². The molecule has 0 N–H and O–H groups in total. The molecule has 68 valence electrons. The predicted octanol–water partition coefficient (Wildman–Crippen LogP) is 3.09. The molecule has 13 heavy (non-hydrogen) atoms. The van der Waals surface area contributed by atoms with Crippen molar-refractivity contribution < 1.29 is 4.39 Å². The van der Waals surface area contributed by atoms with Gasteiger partial charge in [-0.15, -0.1) is 0 Å². The van der Waals surface area contributed by atoms with Crippen molar-refractivity contribution in [2.24, 2.45) is 0 Å². The molecule has 0 saturated carbocycles. The summed E-state index contributed by atoms with van der Waals surface area (Å²) < 4.78 is 13.0. The molecule has 0 bridgehead atoms. The van der Waals surface area contributed by atoms with Crippen molar-refractivity contribution in [1.29, 1.82) is 0 Å². The summed E-state index contributed by atoms with van der Waals surface area (Å²) in [5.41, 5.74) is 4.78. The van der Waals surface area contributed by atoms with E-state index in [1.165, 1.54) is 22.8 Å². The van der Waals surface area contributed by atoms with Crippen LogP contribution >= 0.6 is 12.6 Å². The molecule has 0 spiro atoms. The smallest absolute Gasteiger partial charge is 0.123 e. The first kappa shape index (κ1) is 8.82. The van der Waals surface area contributed by atoms with Crippen LogP contribution in [0.15, 0.2) is 23.8 Å². The number of halogens is 1. The summed E-state index contributed by atoms with van der Waals surface area (Å²) in [6, 6.07) is 5.00. The van der Waals surface area contributed by atoms with E-state index in [-0.39, 0.29) is 5.82 Å². The first-order chi connectivity index (χ1) is 6.22. The number of fused-ring (bicyclic) bond motifs is 1. The van der Waals surface area contributed by atoms with Crippen LogP contribution in [-0.2, 0) is 6.42 Å². The summed E-state index contributed by atoms with van der Waals surface area (Å²) in [6.07, 6.45) is 0.950. The van der Waals surface area contributed by atoms with E-state index >= 15 is 0 Å². The van der Waals surface area contributed by atoms with Crippen LogP contribution in [0.2, 0.25) is 0 Å². The molecule has 0 amide bonds. The van der Waals surface area contributed by atoms with Crippen molar-refractivity contribution in [3.05, 3.63) is 40.7 Å². The van der Waals surface area contributed by atoms with Crippen molar-refractivity contribution in [2.75, 3.05) is 5.75 Å². The van der Waals surface area contributed by atoms with Crippen LogP contribution in [0.5, 0.6) is 0 Å². The summed E-state index contributed by atoms with van der Waals surface area (Å²) in [4.78, 5) is 0. The van der Waals surface area contributed by atoms with Crippen LogP contribution in [0.1, 0.15) is 18.1 Å². The topological polar surface area (TPSA) is 0 Å². The maximum atomic E-state index is 13.0. The summed E-state index contributed by atoms with van der Waals surface area (Å²) in [6.45, 7) is 2.09. The van der Waals surface area contributed by atoms with Crippen molar-refractivity contribution in [3.63, 3.8) is 0 Å². The molecular weight excluding hydrogens is 183 g/mol. The highest BCUT2D eigenvalue weighted by Gasteiger charge is 2.17. The van der Waals surface area contributed by atoms with Gasteiger partial charge >= 0.3 is 0 Å². The normalized spacial score (nSPS) is 15.0. The van der Waals surface area contributed by atoms with Crippen LogP contribution < -0.4 is 0 Å². The van der Waals surface area contributed by atoms with Gasteiger partial charge in [0.15, 0.2) is 0 Å². The number of benzene rings is 1. The van der Waals surface area contributed by atoms with Crippen LogP contribution in [0, 0.1) is 5.82 Å². The lowest BCUT2D eigenvalue weighted by atomic mass is 10.1. The summed E-state index contributed by atoms with van der Waals surface area (Å²) in [5.74, 6) is 0.537. The maximum absolute atomic E-state index is 13.0. The molecule has 0 aliphatic heterocycles. The molecule has 1 aromatic carbocycles. The van der Waals surface area contributed by atoms with Crippen molar-refractivity contribution in [1.82, 2.24) is 0 Å². The Balaban J connectivity index is 2.55. The van der Waals surface area contributed by atoms with Crippen LogP contribution in [0.3, 0.4) is 0 Å². The standard InChI is InChI=1S/C11H11FS/c1-7-4-8-2-3-9(12)5-10(8)11(7)6-13/h2-3,5,13H,4,6H2,1H3. The molecule has 0 fully saturated rings. The minimum atomic E-state index is -0.160. The van der Waals surface area contributed by atoms with Gasteiger partial charge in [0, 0.05) is 5.75 Å². The monoisotopic (exact) mass is 194 g/mol. The Labute approximate surface area is 82.9 Å². The molecule has 0 unspecified atom stereocenters. The molecule has 0 heterocycles. The molecule has 1 aromatic rings. The van der Waals surface area contributed by atoms with E-state index in [0.29, 0.717) is 5.75 Å². The fraction of sp³-hybridized carbons (Fsp3) is 0.273. The number of hydrogen-bond donors (Lipinski definition) is 1. The van der Waals surface area contributed by atoms with Gasteiger partial charge in [-0.2, -0.15) is 12.6 Å². The van der Waals surface area contributed by atoms with Gasteiger partial charge in [-0.1, -0.05) is 11.6 Å². The predicted molar refractivity (Wildman–Crippen MR) is 56.6 cm³/mol. The Hall–Kier alpha value is -0.760. The third-order valence-corrected chi connectivity index (χ3v) is 2.84. The van der Waals surface area contributed by atoms with Gasteiger partial charge in [0.05, 0.1) is 0 Å². The maximum Gasteiger partial charge on any atom is 0.123 e. The molecule has 1 aliphatic carbocycles. The van der Waals surface area contributed by atoms with E-state index in [9.17, 15) is 4.39 Å². The van der Waals surface area contributed by atoms with E-state index in [0.717, 1.165) is 12.0 Å². The van der Waals surface area contributed by atoms with Gasteiger partial charge in [0.25, 0.3) is 0 Å². The van der Waals surface area contributed by atoms with E-state index in [4.69, 9.17) is 0 Å². The third kappa shape index (κ3) is 1.39. The van der Waals surface area contributed by atoms with Gasteiger partial charge in [-0.3, -0.25) is 0 Å². The first-order valence-electron chi connectivity index (χ1n) is 4.30. The zero-order valence-electron chi connectivity index (χ0n) is 7.47. The van der Waals surface area contributed by atoms with Gasteiger partial charge in [0.2, 0.25) is 0 Å². The highest BCUT2D eigenvalue weighted by Crippen LogP contribution is 2.33. The highest BCUT2D eigenvalue weighted by atomic mass is 32.1. The highest BCUT2D eigenvalue weighted by molar-refractivity contribution is 7.80. The fourth-order valence-electron chi connectivity index (χ4n) is 1.83. The first-order valence-corrected chi connectivity index (χ1v) is 4.94. The molecule has 0 nitrogen and oxygen atoms in total. The second-order valence-corrected chi connectivity index (χ2v) is 3.71. The van der Waals surface area contributed by atoms with Gasteiger partial charge < -0.3 is 0 Å². The van der Waals surface area contributed by atoms with Crippen LogP contribution in [-0.4, -0.2) is 5.75 Å². The number of rotatable bonds is 1. The average molecular weight is 194 g/mol. The SMILES string of the molecule is CC1=C(CS)c2cc(F)ccc2C1. The molecule has 1 aliphatic rings. The zero-order valence-corrected chi connectivity index (χ0v) is 8.37. The number of hydrogen-bond acceptors (Lipinski definition) is 1. The lowest BCUT2D eigenvalue weighted by Gasteiger charge is -2.02. The Morgan fingerprint density at radius 1 is 1.46 bits per heavy atom. The largest absolute Gasteiger partial charge is 0.207 e. The van der Waals surface area contributed by atoms with E-state index < -0.39 is 0 Å². The average Bonchev–Trinajstić information content (AvgIpc) is 2.40. The fourth-order valence-corrected chi connectivity index (χ4v) is 2.27. The Bertz CT molecular complexity index is 380. The zero-order chi connectivity index (χ0) is 9.42. The summed E-state index contributed by atoms with van der Waals surface area (Å²) in [5, 5.41) is 0. The molecule has 0 radical (unpaired) electrons. The number of thiol groups is 1. The molecule has 2 heteroatoms. The quantitative estimate of drug-likeness (QED) is 0.652. The molecule has 0 atom stereocenters. The molecular formula is C11H11FS. The minimum Gasteiger partial charge on any atom is -0.207 e. The van der Waals surface area contributed by atoms with Gasteiger partial charge in [-0.25, -0.2) is 4.39 Å². The molecule has 0 saturated heterocycles. The van der Waals surface area contributed by atoms with E-state index in [1.807, 2.05) is 6.07 Å². The Morgan fingerprint density at radius 3 is 2.92 bits per heavy atom. The molecule has 0 aromatic heterocycles. The van der Waals surface area contributed by atoms with Crippen molar-refractivity contribution in [3.8, 4) is 0 Å². The van der Waals surface area contributed by atoms with Crippen LogP contribution in [0.25, 0.3) is 5.57 Å². The third-order valence-electron chi connectivity index (χ3n) is 2.53. The summed E-state index contributed by atoms with van der Waals surface area (Å²) >= 11 is 4.25. The van der Waals surface area contributed by atoms with Crippen molar-refractivity contribution in [2.45, 2.75) is 13.3 Å². The van der Waals surface area contributed by atoms with E-state index in [1.54, 1.807) is 6.07 Å². The van der Waals surface area contributed by atoms with Gasteiger partial charge in [0.1, 0.15) is 5.82 Å². The Kier molecular flexibility index (Phi) is 2.16. The lowest BCUT2D eigenvalue weighted by Crippen LogP contribution is -1.87. The Morgan fingerprint density at radius 2 is 2.23 bits per heavy atom. The van der Waals surface area contributed by atoms with E-state index in [2.05, 4.69) is 19.6 Å².